The predicted molar refractivity (Wildman–Crippen MR) is 166 cm³/mol. The highest BCUT2D eigenvalue weighted by Crippen LogP contribution is 2.31. The van der Waals surface area contributed by atoms with Crippen LogP contribution in [0.3, 0.4) is 0 Å². The molecule has 2 rings (SSSR count). The molecule has 1 aliphatic carbocycles. The number of aliphatic imine (C=N–C) groups is 1. The maximum atomic E-state index is 13.7. The van der Waals surface area contributed by atoms with E-state index in [9.17, 15) is 19.2 Å². The average Bonchev–Trinajstić information content (AvgIpc) is 2.99. The van der Waals surface area contributed by atoms with E-state index in [0.717, 1.165) is 55.0 Å². The van der Waals surface area contributed by atoms with Gasteiger partial charge in [0.05, 0.1) is 11.5 Å². The molecule has 12 heteroatoms. The summed E-state index contributed by atoms with van der Waals surface area (Å²) in [6.45, 7) is 2.51. The van der Waals surface area contributed by atoms with Crippen molar-refractivity contribution in [3.05, 3.63) is 35.9 Å². The van der Waals surface area contributed by atoms with Crippen LogP contribution < -0.4 is 21.7 Å². The minimum Gasteiger partial charge on any atom is -0.445 e. The number of hydrogen-bond donors (Lipinski definition) is 5. The van der Waals surface area contributed by atoms with Gasteiger partial charge in [-0.2, -0.15) is 4.99 Å². The minimum absolute atomic E-state index is 0.0812. The van der Waals surface area contributed by atoms with E-state index >= 15 is 0 Å². The van der Waals surface area contributed by atoms with Gasteiger partial charge in [-0.15, -0.1) is 0 Å². The monoisotopic (exact) mass is 602 g/mol. The van der Waals surface area contributed by atoms with Gasteiger partial charge in [0.25, 0.3) is 5.91 Å². The van der Waals surface area contributed by atoms with Crippen molar-refractivity contribution in [2.75, 3.05) is 6.54 Å². The lowest BCUT2D eigenvalue weighted by atomic mass is 9.79. The second-order valence-electron chi connectivity index (χ2n) is 10.6. The summed E-state index contributed by atoms with van der Waals surface area (Å²) in [5, 5.41) is 15.6. The fraction of sp³-hybridized carbons (Fsp3) is 0.600. The number of amides is 4. The molecule has 0 radical (unpaired) electrons. The number of carbonyl (C=O) groups is 4. The molecule has 232 valence electrons. The molecule has 42 heavy (non-hydrogen) atoms. The molecular formula is C30H46N6O5S. The zero-order valence-corrected chi connectivity index (χ0v) is 25.3. The number of hydrogen-bond acceptors (Lipinski definition) is 7. The molecule has 4 amide bonds. The van der Waals surface area contributed by atoms with Gasteiger partial charge in [0.1, 0.15) is 12.6 Å². The van der Waals surface area contributed by atoms with Crippen molar-refractivity contribution in [3.8, 4) is 0 Å². The Bertz CT molecular complexity index is 1020. The van der Waals surface area contributed by atoms with E-state index in [1.165, 1.54) is 6.42 Å². The lowest BCUT2D eigenvalue weighted by Gasteiger charge is -2.31. The highest BCUT2D eigenvalue weighted by atomic mass is 32.2. The van der Waals surface area contributed by atoms with Gasteiger partial charge in [0.15, 0.2) is 5.17 Å². The van der Waals surface area contributed by atoms with Crippen molar-refractivity contribution < 1.29 is 23.9 Å². The van der Waals surface area contributed by atoms with Crippen LogP contribution in [0.5, 0.6) is 0 Å². The van der Waals surface area contributed by atoms with Gasteiger partial charge in [-0.25, -0.2) is 4.79 Å². The number of carbonyl (C=O) groups excluding carboxylic acids is 4. The van der Waals surface area contributed by atoms with Gasteiger partial charge < -0.3 is 31.8 Å². The van der Waals surface area contributed by atoms with Crippen molar-refractivity contribution in [2.24, 2.45) is 22.6 Å². The van der Waals surface area contributed by atoms with Crippen molar-refractivity contribution in [2.45, 2.75) is 96.2 Å². The molecule has 0 heterocycles. The van der Waals surface area contributed by atoms with Crippen LogP contribution in [-0.2, 0) is 25.7 Å². The van der Waals surface area contributed by atoms with Crippen LogP contribution >= 0.6 is 11.8 Å². The number of rotatable bonds is 18. The molecule has 0 spiro atoms. The third kappa shape index (κ3) is 13.5. The SMILES string of the molecule is CCC[C@H](NC=O)[C@@H](CC1CCCCC1)C(=O)N[C@@H](CCCCNC(=O)OCc1ccccc1)C(=O)N=C(N)SC=N. The van der Waals surface area contributed by atoms with Gasteiger partial charge in [0.2, 0.25) is 12.3 Å². The lowest BCUT2D eigenvalue weighted by molar-refractivity contribution is -0.131. The molecule has 1 fully saturated rings. The summed E-state index contributed by atoms with van der Waals surface area (Å²) in [6, 6.07) is 8.10. The van der Waals surface area contributed by atoms with Crippen molar-refractivity contribution in [1.82, 2.24) is 16.0 Å². The number of nitrogens with two attached hydrogens (primary N) is 1. The summed E-state index contributed by atoms with van der Waals surface area (Å²) in [6.07, 6.45) is 9.10. The number of amidine groups is 1. The number of alkyl carbamates (subject to hydrolysis) is 1. The Balaban J connectivity index is 2.01. The number of benzene rings is 1. The van der Waals surface area contributed by atoms with E-state index < -0.39 is 24.0 Å². The molecule has 3 atom stereocenters. The summed E-state index contributed by atoms with van der Waals surface area (Å²) in [5.41, 5.74) is 7.62. The Morgan fingerprint density at radius 2 is 1.88 bits per heavy atom. The molecule has 1 saturated carbocycles. The van der Waals surface area contributed by atoms with Gasteiger partial charge in [0, 0.05) is 12.6 Å². The Labute approximate surface area is 253 Å². The molecule has 0 bridgehead atoms. The standard InChI is InChI=1S/C30H46N6O5S/c1-2-11-25(34-21-37)24(18-22-12-5-3-6-13-22)27(38)35-26(28(39)36-29(32)42-20-31)16-9-10-17-33-30(40)41-19-23-14-7-4-8-15-23/h4,7-8,14-15,20-22,24-26,31H,2-3,5-6,9-13,16-19H2,1H3,(H,33,40)(H,34,37)(H,35,38)(H2,32,36,39)/t24-,25+,26+/m1/s1. The number of ether oxygens (including phenoxy) is 1. The lowest BCUT2D eigenvalue weighted by Crippen LogP contribution is -2.50. The molecular weight excluding hydrogens is 556 g/mol. The second kappa shape index (κ2) is 20.5. The molecule has 0 unspecified atom stereocenters. The fourth-order valence-electron chi connectivity index (χ4n) is 5.28. The molecule has 6 N–H and O–H groups in total. The molecule has 11 nitrogen and oxygen atoms in total. The fourth-order valence-corrected chi connectivity index (χ4v) is 5.55. The van der Waals surface area contributed by atoms with Crippen LogP contribution in [0.1, 0.15) is 83.1 Å². The molecule has 1 aromatic carbocycles. The highest BCUT2D eigenvalue weighted by Gasteiger charge is 2.33. The molecule has 0 aromatic heterocycles. The Kier molecular flexibility index (Phi) is 17.0. The minimum atomic E-state index is -0.931. The topological polar surface area (TPSA) is 176 Å². The Hall–Kier alpha value is -3.41. The van der Waals surface area contributed by atoms with E-state index in [0.29, 0.717) is 44.6 Å². The maximum Gasteiger partial charge on any atom is 0.407 e. The van der Waals surface area contributed by atoms with Gasteiger partial charge in [-0.1, -0.05) is 75.8 Å². The van der Waals surface area contributed by atoms with Crippen LogP contribution in [0.25, 0.3) is 0 Å². The zero-order chi connectivity index (χ0) is 30.6. The first-order chi connectivity index (χ1) is 20.4. The summed E-state index contributed by atoms with van der Waals surface area (Å²) in [7, 11) is 0. The van der Waals surface area contributed by atoms with E-state index in [4.69, 9.17) is 15.9 Å². The number of thioether (sulfide) groups is 1. The number of nitrogens with zero attached hydrogens (tertiary/aromatic N) is 1. The normalized spacial score (nSPS) is 16.0. The number of nitrogens with one attached hydrogen (secondary N) is 4. The van der Waals surface area contributed by atoms with Crippen molar-refractivity contribution in [1.29, 1.82) is 5.41 Å². The zero-order valence-electron chi connectivity index (χ0n) is 24.5. The first-order valence-electron chi connectivity index (χ1n) is 14.9. The van der Waals surface area contributed by atoms with Gasteiger partial charge in [-0.3, -0.25) is 14.4 Å². The second-order valence-corrected chi connectivity index (χ2v) is 11.5. The van der Waals surface area contributed by atoms with Crippen molar-refractivity contribution in [3.63, 3.8) is 0 Å². The van der Waals surface area contributed by atoms with Crippen LogP contribution in [0, 0.1) is 17.2 Å². The van der Waals surface area contributed by atoms with Crippen LogP contribution in [0.15, 0.2) is 35.3 Å². The van der Waals surface area contributed by atoms with E-state index in [2.05, 4.69) is 20.9 Å². The van der Waals surface area contributed by atoms with Crippen molar-refractivity contribution >= 4 is 46.8 Å². The summed E-state index contributed by atoms with van der Waals surface area (Å²) < 4.78 is 5.22. The maximum absolute atomic E-state index is 13.7. The highest BCUT2D eigenvalue weighted by molar-refractivity contribution is 8.24. The molecule has 1 aromatic rings. The van der Waals surface area contributed by atoms with E-state index in [1.54, 1.807) is 0 Å². The van der Waals surface area contributed by atoms with Gasteiger partial charge in [-0.05, 0) is 55.3 Å². The molecule has 0 aliphatic heterocycles. The van der Waals surface area contributed by atoms with Crippen LogP contribution in [-0.4, -0.2) is 53.7 Å². The Morgan fingerprint density at radius 3 is 2.55 bits per heavy atom. The summed E-state index contributed by atoms with van der Waals surface area (Å²) in [4.78, 5) is 54.1. The van der Waals surface area contributed by atoms with Gasteiger partial charge >= 0.3 is 6.09 Å². The van der Waals surface area contributed by atoms with E-state index in [-0.39, 0.29) is 30.1 Å². The predicted octanol–water partition coefficient (Wildman–Crippen LogP) is 4.25. The quantitative estimate of drug-likeness (QED) is 0.0722. The smallest absolute Gasteiger partial charge is 0.407 e. The molecule has 0 saturated heterocycles. The van der Waals surface area contributed by atoms with Crippen LogP contribution in [0.2, 0.25) is 0 Å². The average molecular weight is 603 g/mol. The summed E-state index contributed by atoms with van der Waals surface area (Å²) in [5.74, 6) is -0.978. The first-order valence-corrected chi connectivity index (χ1v) is 15.7. The van der Waals surface area contributed by atoms with Crippen LogP contribution in [0.4, 0.5) is 4.79 Å². The largest absolute Gasteiger partial charge is 0.445 e. The summed E-state index contributed by atoms with van der Waals surface area (Å²) >= 11 is 0.807. The molecule has 1 aliphatic rings. The van der Waals surface area contributed by atoms with E-state index in [1.807, 2.05) is 37.3 Å². The first kappa shape index (κ1) is 34.8. The third-order valence-corrected chi connectivity index (χ3v) is 7.88. The number of unbranched alkanes of at least 4 members (excludes halogenated alkanes) is 1. The third-order valence-electron chi connectivity index (χ3n) is 7.43. The Morgan fingerprint density at radius 1 is 1.14 bits per heavy atom.